The number of cyclic esters (lactones) is 1. The molecule has 2 amide bonds. The van der Waals surface area contributed by atoms with Gasteiger partial charge in [-0.3, -0.25) is 9.59 Å². The van der Waals surface area contributed by atoms with E-state index < -0.39 is 36.2 Å². The van der Waals surface area contributed by atoms with Crippen molar-refractivity contribution in [2.45, 2.75) is 51.9 Å². The number of ether oxygens (including phenoxy) is 4. The summed E-state index contributed by atoms with van der Waals surface area (Å²) in [7, 11) is 1.29. The average molecular weight is 520 g/mol. The molecule has 0 aromatic carbocycles. The Bertz CT molecular complexity index is 794. The van der Waals surface area contributed by atoms with Crippen molar-refractivity contribution >= 4 is 33.9 Å². The van der Waals surface area contributed by atoms with Crippen LogP contribution in [0.15, 0.2) is 15.0 Å². The molecule has 180 valence electrons. The fraction of sp³-hybridized carbons (Fsp3) is 0.667. The summed E-state index contributed by atoms with van der Waals surface area (Å²) in [5.74, 6) is -0.570. The standard InChI is InChI=1S/C21H30BrNO9/c1-12(2)15-11-30-21(27)23(15)20(26)19(28-4)18(31-13(3)25)17-10-14(22)16(32-17)6-5-8-29-9-7-24/h10,12,15,18-19,24H,5-9,11H2,1-4H3. The van der Waals surface area contributed by atoms with Gasteiger partial charge in [0.2, 0.25) is 0 Å². The molecule has 0 aliphatic carbocycles. The molecule has 1 aliphatic rings. The molecule has 3 atom stereocenters. The molecule has 1 aliphatic heterocycles. The van der Waals surface area contributed by atoms with Crippen LogP contribution < -0.4 is 0 Å². The zero-order valence-corrected chi connectivity index (χ0v) is 20.3. The molecular formula is C21H30BrNO9. The Kier molecular flexibility index (Phi) is 10.1. The number of carbonyl (C=O) groups excluding carboxylic acids is 3. The first-order chi connectivity index (χ1) is 15.2. The van der Waals surface area contributed by atoms with E-state index in [0.717, 1.165) is 4.90 Å². The van der Waals surface area contributed by atoms with Crippen LogP contribution in [0.2, 0.25) is 0 Å². The predicted octanol–water partition coefficient (Wildman–Crippen LogP) is 2.61. The molecule has 2 rings (SSSR count). The van der Waals surface area contributed by atoms with Crippen LogP contribution in [0.3, 0.4) is 0 Å². The number of aliphatic hydroxyl groups excluding tert-OH is 1. The van der Waals surface area contributed by atoms with Gasteiger partial charge in [0.15, 0.2) is 12.2 Å². The number of imide groups is 1. The summed E-state index contributed by atoms with van der Waals surface area (Å²) in [5.41, 5.74) is 0. The maximum atomic E-state index is 13.3. The Hall–Kier alpha value is -1.95. The van der Waals surface area contributed by atoms with E-state index in [-0.39, 0.29) is 31.5 Å². The van der Waals surface area contributed by atoms with Gasteiger partial charge in [-0.25, -0.2) is 9.69 Å². The van der Waals surface area contributed by atoms with E-state index in [4.69, 9.17) is 28.5 Å². The Morgan fingerprint density at radius 1 is 1.34 bits per heavy atom. The minimum absolute atomic E-state index is 0.0347. The molecule has 0 radical (unpaired) electrons. The molecule has 1 aromatic heterocycles. The van der Waals surface area contributed by atoms with E-state index in [9.17, 15) is 14.4 Å². The Balaban J connectivity index is 2.25. The van der Waals surface area contributed by atoms with Gasteiger partial charge in [0.1, 0.15) is 18.1 Å². The van der Waals surface area contributed by atoms with Crippen molar-refractivity contribution < 1.29 is 42.9 Å². The quantitative estimate of drug-likeness (QED) is 0.327. The molecule has 1 saturated heterocycles. The molecule has 1 N–H and O–H groups in total. The summed E-state index contributed by atoms with van der Waals surface area (Å²) in [5, 5.41) is 8.76. The monoisotopic (exact) mass is 519 g/mol. The molecule has 0 spiro atoms. The third-order valence-corrected chi connectivity index (χ3v) is 5.63. The van der Waals surface area contributed by atoms with Crippen LogP contribution in [0.5, 0.6) is 0 Å². The lowest BCUT2D eigenvalue weighted by atomic mass is 10.0. The van der Waals surface area contributed by atoms with Crippen LogP contribution in [-0.2, 0) is 35.0 Å². The van der Waals surface area contributed by atoms with E-state index in [1.54, 1.807) is 6.07 Å². The fourth-order valence-electron chi connectivity index (χ4n) is 3.36. The molecule has 1 fully saturated rings. The number of hydrogen-bond acceptors (Lipinski definition) is 9. The Labute approximate surface area is 195 Å². The minimum atomic E-state index is -1.32. The summed E-state index contributed by atoms with van der Waals surface area (Å²) in [4.78, 5) is 38.4. The second-order valence-corrected chi connectivity index (χ2v) is 8.50. The number of furan rings is 1. The van der Waals surface area contributed by atoms with E-state index in [1.165, 1.54) is 14.0 Å². The van der Waals surface area contributed by atoms with Crippen LogP contribution in [0.1, 0.15) is 44.8 Å². The molecule has 1 aromatic rings. The highest BCUT2D eigenvalue weighted by atomic mass is 79.9. The highest BCUT2D eigenvalue weighted by molar-refractivity contribution is 9.10. The van der Waals surface area contributed by atoms with Crippen LogP contribution in [0.4, 0.5) is 4.79 Å². The average Bonchev–Trinajstić information content (AvgIpc) is 3.30. The van der Waals surface area contributed by atoms with E-state index in [1.807, 2.05) is 13.8 Å². The van der Waals surface area contributed by atoms with Crippen LogP contribution >= 0.6 is 15.9 Å². The van der Waals surface area contributed by atoms with Gasteiger partial charge >= 0.3 is 12.1 Å². The van der Waals surface area contributed by atoms with Crippen molar-refractivity contribution in [1.82, 2.24) is 4.90 Å². The number of rotatable bonds is 12. The molecule has 10 nitrogen and oxygen atoms in total. The summed E-state index contributed by atoms with van der Waals surface area (Å²) in [6.45, 7) is 5.69. The van der Waals surface area contributed by atoms with Crippen molar-refractivity contribution in [1.29, 1.82) is 0 Å². The third kappa shape index (κ3) is 6.53. The lowest BCUT2D eigenvalue weighted by Gasteiger charge is -2.29. The topological polar surface area (TPSA) is 125 Å². The number of aryl methyl sites for hydroxylation is 1. The van der Waals surface area contributed by atoms with E-state index in [2.05, 4.69) is 15.9 Å². The first-order valence-corrected chi connectivity index (χ1v) is 11.2. The lowest BCUT2D eigenvalue weighted by Crippen LogP contribution is -2.49. The second-order valence-electron chi connectivity index (χ2n) is 7.64. The van der Waals surface area contributed by atoms with Gasteiger partial charge < -0.3 is 28.5 Å². The molecule has 0 saturated carbocycles. The third-order valence-electron chi connectivity index (χ3n) is 4.96. The molecule has 32 heavy (non-hydrogen) atoms. The van der Waals surface area contributed by atoms with Crippen molar-refractivity contribution in [3.05, 3.63) is 22.1 Å². The number of nitrogens with zero attached hydrogens (tertiary/aromatic N) is 1. The van der Waals surface area contributed by atoms with Gasteiger partial charge in [0, 0.05) is 27.1 Å². The molecule has 2 heterocycles. The molecule has 11 heteroatoms. The maximum Gasteiger partial charge on any atom is 0.417 e. The SMILES string of the molecule is COC(C(=O)N1C(=O)OCC1C(C)C)C(OC(C)=O)c1cc(Br)c(CCCOCCO)o1. The van der Waals surface area contributed by atoms with Crippen molar-refractivity contribution in [2.24, 2.45) is 5.92 Å². The lowest BCUT2D eigenvalue weighted by molar-refractivity contribution is -0.164. The predicted molar refractivity (Wildman–Crippen MR) is 115 cm³/mol. The smallest absolute Gasteiger partial charge is 0.417 e. The number of carbonyl (C=O) groups is 3. The minimum Gasteiger partial charge on any atom is -0.461 e. The number of amides is 2. The molecule has 3 unspecified atom stereocenters. The zero-order chi connectivity index (χ0) is 23.8. The highest BCUT2D eigenvalue weighted by Crippen LogP contribution is 2.33. The van der Waals surface area contributed by atoms with Crippen molar-refractivity contribution in [3.63, 3.8) is 0 Å². The van der Waals surface area contributed by atoms with Crippen LogP contribution in [-0.4, -0.2) is 73.7 Å². The molecule has 0 bridgehead atoms. The van der Waals surface area contributed by atoms with Crippen LogP contribution in [0.25, 0.3) is 0 Å². The Morgan fingerprint density at radius 3 is 2.66 bits per heavy atom. The first-order valence-electron chi connectivity index (χ1n) is 10.4. The summed E-state index contributed by atoms with van der Waals surface area (Å²) < 4.78 is 27.6. The number of esters is 1. The van der Waals surface area contributed by atoms with E-state index >= 15 is 0 Å². The largest absolute Gasteiger partial charge is 0.461 e. The van der Waals surface area contributed by atoms with Gasteiger partial charge in [-0.1, -0.05) is 13.8 Å². The Morgan fingerprint density at radius 2 is 2.06 bits per heavy atom. The maximum absolute atomic E-state index is 13.3. The van der Waals surface area contributed by atoms with Gasteiger partial charge in [-0.15, -0.1) is 0 Å². The first kappa shape index (κ1) is 26.3. The summed E-state index contributed by atoms with van der Waals surface area (Å²) >= 11 is 3.42. The number of halogens is 1. The van der Waals surface area contributed by atoms with Gasteiger partial charge in [-0.2, -0.15) is 0 Å². The summed E-state index contributed by atoms with van der Waals surface area (Å²) in [6, 6.07) is 1.16. The van der Waals surface area contributed by atoms with Crippen molar-refractivity contribution in [2.75, 3.05) is 33.5 Å². The molecular weight excluding hydrogens is 490 g/mol. The van der Waals surface area contributed by atoms with Gasteiger partial charge in [0.25, 0.3) is 5.91 Å². The summed E-state index contributed by atoms with van der Waals surface area (Å²) in [6.07, 6.45) is -2.14. The van der Waals surface area contributed by atoms with Gasteiger partial charge in [-0.05, 0) is 34.3 Å². The number of hydrogen-bond donors (Lipinski definition) is 1. The highest BCUT2D eigenvalue weighted by Gasteiger charge is 2.46. The second kappa shape index (κ2) is 12.3. The number of aliphatic hydroxyl groups is 1. The van der Waals surface area contributed by atoms with Crippen molar-refractivity contribution in [3.8, 4) is 0 Å². The number of methoxy groups -OCH3 is 1. The fourth-order valence-corrected chi connectivity index (χ4v) is 3.86. The van der Waals surface area contributed by atoms with Gasteiger partial charge in [0.05, 0.1) is 23.7 Å². The van der Waals surface area contributed by atoms with Crippen LogP contribution in [0, 0.1) is 5.92 Å². The normalized spacial score (nSPS) is 18.0. The van der Waals surface area contributed by atoms with E-state index in [0.29, 0.717) is 29.7 Å². The zero-order valence-electron chi connectivity index (χ0n) is 18.7.